The van der Waals surface area contributed by atoms with E-state index in [0.29, 0.717) is 66.3 Å². The largest absolute Gasteiger partial charge is 0.465 e. The Labute approximate surface area is 453 Å². The number of ether oxygens (including phenoxy) is 4. The lowest BCUT2D eigenvalue weighted by Gasteiger charge is -2.27. The SMILES string of the molecule is CC1(C)CC1CCCCN(/N=C/c1cc(/C=C/C2CCC(OCCCCCOC(=O)C3CC4C=CC3C4)CC2)ccc1/C=C/C1CCC(OCCCCCOC(=O)C2CC3C=CC2C3)CC1)c1nc2ccccc2s1. The van der Waals surface area contributed by atoms with Gasteiger partial charge in [-0.2, -0.15) is 5.10 Å². The predicted octanol–water partition coefficient (Wildman–Crippen LogP) is 15.4. The summed E-state index contributed by atoms with van der Waals surface area (Å²) in [7, 11) is 0. The Morgan fingerprint density at radius 1 is 0.667 bits per heavy atom. The average Bonchev–Trinajstić information content (AvgIpc) is 4.18. The Bertz CT molecular complexity index is 2460. The first-order valence-corrected chi connectivity index (χ1v) is 30.6. The second-order valence-electron chi connectivity index (χ2n) is 24.4. The maximum atomic E-state index is 12.6. The van der Waals surface area contributed by atoms with E-state index in [0.717, 1.165) is 164 Å². The van der Waals surface area contributed by atoms with Gasteiger partial charge >= 0.3 is 11.9 Å². The number of nitrogens with zero attached hydrogens (tertiary/aromatic N) is 3. The maximum absolute atomic E-state index is 12.6. The smallest absolute Gasteiger partial charge is 0.309 e. The van der Waals surface area contributed by atoms with Crippen molar-refractivity contribution in [1.29, 1.82) is 0 Å². The number of hydrogen-bond acceptors (Lipinski definition) is 10. The van der Waals surface area contributed by atoms with E-state index in [-0.39, 0.29) is 23.8 Å². The lowest BCUT2D eigenvalue weighted by Crippen LogP contribution is -2.22. The van der Waals surface area contributed by atoms with Crippen molar-refractivity contribution < 1.29 is 28.5 Å². The van der Waals surface area contributed by atoms with Gasteiger partial charge in [0.2, 0.25) is 5.13 Å². The second-order valence-corrected chi connectivity index (χ2v) is 25.4. The highest BCUT2D eigenvalue weighted by molar-refractivity contribution is 7.22. The lowest BCUT2D eigenvalue weighted by molar-refractivity contribution is -0.150. The molecule has 10 rings (SSSR count). The molecule has 7 atom stereocenters. The highest BCUT2D eigenvalue weighted by atomic mass is 32.1. The van der Waals surface area contributed by atoms with Gasteiger partial charge in [-0.25, -0.2) is 9.99 Å². The van der Waals surface area contributed by atoms with Gasteiger partial charge in [0.15, 0.2) is 0 Å². The molecule has 1 heterocycles. The quantitative estimate of drug-likeness (QED) is 0.0233. The summed E-state index contributed by atoms with van der Waals surface area (Å²) in [4.78, 5) is 30.2. The second kappa shape index (κ2) is 26.3. The number of anilines is 1. The number of unbranched alkanes of at least 4 members (excludes halogenated alkanes) is 5. The fourth-order valence-corrected chi connectivity index (χ4v) is 14.2. The zero-order valence-corrected chi connectivity index (χ0v) is 46.2. The van der Waals surface area contributed by atoms with Gasteiger partial charge in [0.25, 0.3) is 0 Å². The predicted molar refractivity (Wildman–Crippen MR) is 306 cm³/mol. The van der Waals surface area contributed by atoms with Crippen LogP contribution in [0.1, 0.15) is 172 Å². The van der Waals surface area contributed by atoms with Gasteiger partial charge in [-0.3, -0.25) is 9.59 Å². The van der Waals surface area contributed by atoms with E-state index in [1.54, 1.807) is 11.3 Å². The molecule has 10 heteroatoms. The number of hydrazone groups is 1. The molecule has 7 aliphatic rings. The summed E-state index contributed by atoms with van der Waals surface area (Å²) in [6, 6.07) is 15.3. The third-order valence-corrected chi connectivity index (χ3v) is 19.4. The molecule has 0 saturated heterocycles. The molecule has 0 amide bonds. The summed E-state index contributed by atoms with van der Waals surface area (Å²) in [6.07, 6.45) is 45.3. The van der Waals surface area contributed by atoms with Gasteiger partial charge in [-0.1, -0.05) is 104 Å². The summed E-state index contributed by atoms with van der Waals surface area (Å²) in [5.41, 5.74) is 5.06. The van der Waals surface area contributed by atoms with E-state index in [1.807, 2.05) is 0 Å². The molecule has 3 aromatic rings. The van der Waals surface area contributed by atoms with Crippen LogP contribution in [-0.2, 0) is 28.5 Å². The van der Waals surface area contributed by atoms with Crippen molar-refractivity contribution in [2.45, 2.75) is 167 Å². The molecule has 1 aromatic heterocycles. The molecule has 0 aliphatic heterocycles. The third-order valence-electron chi connectivity index (χ3n) is 18.3. The van der Waals surface area contributed by atoms with Crippen LogP contribution in [0.4, 0.5) is 5.13 Å². The molecule has 0 N–H and O–H groups in total. The van der Waals surface area contributed by atoms with Gasteiger partial charge in [-0.15, -0.1) is 0 Å². The molecule has 2 aromatic carbocycles. The van der Waals surface area contributed by atoms with Gasteiger partial charge < -0.3 is 18.9 Å². The first-order valence-electron chi connectivity index (χ1n) is 29.8. The first-order chi connectivity index (χ1) is 36.7. The van der Waals surface area contributed by atoms with Crippen molar-refractivity contribution >= 4 is 57.0 Å². The number of para-hydroxylation sites is 1. The molecule has 5 fully saturated rings. The van der Waals surface area contributed by atoms with E-state index < -0.39 is 0 Å². The van der Waals surface area contributed by atoms with Crippen LogP contribution in [0.5, 0.6) is 0 Å². The maximum Gasteiger partial charge on any atom is 0.309 e. The Balaban J connectivity index is 0.698. The highest BCUT2D eigenvalue weighted by Crippen LogP contribution is 2.54. The van der Waals surface area contributed by atoms with Crippen LogP contribution >= 0.6 is 11.3 Å². The topological polar surface area (TPSA) is 99.5 Å². The minimum atomic E-state index is 0.0140. The van der Waals surface area contributed by atoms with Crippen molar-refractivity contribution in [2.75, 3.05) is 38.0 Å². The van der Waals surface area contributed by atoms with Crippen LogP contribution in [-0.4, -0.2) is 68.3 Å². The molecule has 0 spiro atoms. The van der Waals surface area contributed by atoms with Gasteiger partial charge in [-0.05, 0) is 211 Å². The molecular formula is C65H87N3O6S. The number of carbonyl (C=O) groups excluding carboxylic acids is 2. The summed E-state index contributed by atoms with van der Waals surface area (Å²) in [5, 5.41) is 8.37. The van der Waals surface area contributed by atoms with Crippen LogP contribution in [0.25, 0.3) is 22.4 Å². The molecule has 5 saturated carbocycles. The number of esters is 2. The Morgan fingerprint density at radius 3 is 1.81 bits per heavy atom. The molecular weight excluding hydrogens is 951 g/mol. The number of rotatable bonds is 28. The zero-order chi connectivity index (χ0) is 51.4. The van der Waals surface area contributed by atoms with Gasteiger partial charge in [0, 0.05) is 25.3 Å². The minimum absolute atomic E-state index is 0.0140. The van der Waals surface area contributed by atoms with E-state index in [4.69, 9.17) is 29.0 Å². The number of allylic oxidation sites excluding steroid dienone is 6. The molecule has 7 unspecified atom stereocenters. The number of hydrogen-bond donors (Lipinski definition) is 0. The van der Waals surface area contributed by atoms with Gasteiger partial charge in [0.05, 0.1) is 53.7 Å². The Morgan fingerprint density at radius 2 is 1.25 bits per heavy atom. The molecule has 7 aliphatic carbocycles. The normalized spacial score (nSPS) is 29.4. The van der Waals surface area contributed by atoms with Crippen LogP contribution in [0.15, 0.2) is 84.0 Å². The average molecular weight is 1040 g/mol. The first kappa shape index (κ1) is 54.0. The van der Waals surface area contributed by atoms with Crippen LogP contribution in [0.2, 0.25) is 0 Å². The number of benzene rings is 2. The van der Waals surface area contributed by atoms with Crippen LogP contribution in [0, 0.1) is 58.7 Å². The lowest BCUT2D eigenvalue weighted by atomic mass is 9.86. The number of aromatic nitrogens is 1. The standard InChI is InChI=1S/C65H87N3O6S/c1-65(2)44-55(65)13-7-8-34-68(64-67-60-14-5-6-15-61(60)75-64)66-45-54-39-48(17-16-46-22-30-56(31-23-46)71-35-9-3-11-37-73-62(69)58-42-49-20-28-52(58)40-49)19-27-51(54)26-18-47-24-32-57(33-25-47)72-36-10-4-12-38-74-63(70)59-43-50-21-29-53(59)41-50/h5-6,14-21,26-29,39,45-47,49-50,52-53,55-59H,3-4,7-13,22-25,30-38,40-44H2,1-2H3/b17-16+,26-18+,66-45+. The summed E-state index contributed by atoms with van der Waals surface area (Å²) < 4.78 is 25.2. The summed E-state index contributed by atoms with van der Waals surface area (Å²) in [5.74, 6) is 4.13. The van der Waals surface area contributed by atoms with Crippen molar-refractivity contribution in [3.8, 4) is 0 Å². The van der Waals surface area contributed by atoms with Crippen LogP contribution < -0.4 is 5.01 Å². The monoisotopic (exact) mass is 1040 g/mol. The molecule has 4 bridgehead atoms. The summed E-state index contributed by atoms with van der Waals surface area (Å²) >= 11 is 1.73. The fourth-order valence-electron chi connectivity index (χ4n) is 13.3. The van der Waals surface area contributed by atoms with Crippen molar-refractivity contribution in [3.05, 3.63) is 95.6 Å². The Hall–Kier alpha value is -4.38. The number of fused-ring (bicyclic) bond motifs is 5. The zero-order valence-electron chi connectivity index (χ0n) is 45.4. The van der Waals surface area contributed by atoms with Crippen molar-refractivity contribution in [1.82, 2.24) is 4.98 Å². The molecule has 9 nitrogen and oxygen atoms in total. The van der Waals surface area contributed by atoms with E-state index >= 15 is 0 Å². The van der Waals surface area contributed by atoms with E-state index in [9.17, 15) is 9.59 Å². The number of carbonyl (C=O) groups is 2. The van der Waals surface area contributed by atoms with Crippen molar-refractivity contribution in [3.63, 3.8) is 0 Å². The Kier molecular flexibility index (Phi) is 18.9. The summed E-state index contributed by atoms with van der Waals surface area (Å²) in [6.45, 7) is 8.29. The minimum Gasteiger partial charge on any atom is -0.465 e. The fraction of sp³-hybridized carbons (Fsp3) is 0.631. The number of thiazole rings is 1. The van der Waals surface area contributed by atoms with Gasteiger partial charge in [0.1, 0.15) is 0 Å². The molecule has 0 radical (unpaired) electrons. The third kappa shape index (κ3) is 15.2. The molecule has 75 heavy (non-hydrogen) atoms. The van der Waals surface area contributed by atoms with E-state index in [2.05, 4.69) is 116 Å². The van der Waals surface area contributed by atoms with Crippen LogP contribution in [0.3, 0.4) is 0 Å². The van der Waals surface area contributed by atoms with Crippen molar-refractivity contribution in [2.24, 2.45) is 63.8 Å². The van der Waals surface area contributed by atoms with E-state index in [1.165, 1.54) is 35.1 Å². The highest BCUT2D eigenvalue weighted by Gasteiger charge is 2.44. The molecule has 404 valence electrons.